The van der Waals surface area contributed by atoms with Crippen LogP contribution in [-0.2, 0) is 9.47 Å². The van der Waals surface area contributed by atoms with Crippen molar-refractivity contribution in [2.24, 2.45) is 11.3 Å². The Bertz CT molecular complexity index is 793. The maximum Gasteiger partial charge on any atom is 0.0841 e. The molecule has 57 heavy (non-hydrogen) atoms. The Labute approximate surface area is 361 Å². The van der Waals surface area contributed by atoms with Gasteiger partial charge in [-0.15, -0.1) is 0 Å². The lowest BCUT2D eigenvalue weighted by molar-refractivity contribution is -0.0760. The lowest BCUT2D eigenvalue weighted by atomic mass is 9.74. The van der Waals surface area contributed by atoms with E-state index in [9.17, 15) is 0 Å². The van der Waals surface area contributed by atoms with Gasteiger partial charge < -0.3 is 9.47 Å². The van der Waals surface area contributed by atoms with E-state index in [0.717, 1.165) is 19.8 Å². The quantitative estimate of drug-likeness (QED) is 0.0451. The van der Waals surface area contributed by atoms with Crippen molar-refractivity contribution in [3.8, 4) is 0 Å². The molecule has 340 valence electrons. The van der Waals surface area contributed by atoms with Gasteiger partial charge >= 0.3 is 0 Å². The molecule has 0 spiro atoms. The van der Waals surface area contributed by atoms with Gasteiger partial charge in [0.15, 0.2) is 0 Å². The molecule has 0 bridgehead atoms. The molecular weight excluding hydrogens is 693 g/mol. The molecule has 0 aromatic carbocycles. The molecule has 0 fully saturated rings. The van der Waals surface area contributed by atoms with Crippen molar-refractivity contribution in [3.05, 3.63) is 24.3 Å². The van der Waals surface area contributed by atoms with Crippen LogP contribution >= 0.6 is 0 Å². The third-order valence-electron chi connectivity index (χ3n) is 12.5. The molecule has 0 radical (unpaired) electrons. The van der Waals surface area contributed by atoms with Crippen LogP contribution in [0, 0.1) is 11.3 Å². The second-order valence-electron chi connectivity index (χ2n) is 19.3. The Hall–Kier alpha value is -0.600. The van der Waals surface area contributed by atoms with Crippen molar-refractivity contribution in [3.63, 3.8) is 0 Å². The predicted molar refractivity (Wildman–Crippen MR) is 259 cm³/mol. The first kappa shape index (κ1) is 56.4. The summed E-state index contributed by atoms with van der Waals surface area (Å²) in [5, 5.41) is 0. The van der Waals surface area contributed by atoms with E-state index in [2.05, 4.69) is 65.8 Å². The van der Waals surface area contributed by atoms with E-state index in [-0.39, 0.29) is 11.5 Å². The van der Waals surface area contributed by atoms with E-state index < -0.39 is 0 Å². The minimum Gasteiger partial charge on any atom is -0.379 e. The number of rotatable bonds is 47. The molecule has 0 amide bonds. The van der Waals surface area contributed by atoms with E-state index in [4.69, 9.17) is 9.47 Å². The van der Waals surface area contributed by atoms with Gasteiger partial charge in [0.1, 0.15) is 0 Å². The van der Waals surface area contributed by atoms with Gasteiger partial charge in [0.2, 0.25) is 0 Å². The third kappa shape index (κ3) is 43.3. The van der Waals surface area contributed by atoms with Crippen molar-refractivity contribution in [2.75, 3.05) is 19.8 Å². The number of hydrogen-bond donors (Lipinski definition) is 0. The molecule has 2 unspecified atom stereocenters. The molecule has 0 aromatic heterocycles. The minimum absolute atomic E-state index is 0.223. The maximum absolute atomic E-state index is 6.79. The Morgan fingerprint density at radius 1 is 0.351 bits per heavy atom. The second kappa shape index (κ2) is 46.5. The Kier molecular flexibility index (Phi) is 46.0. The summed E-state index contributed by atoms with van der Waals surface area (Å²) in [7, 11) is 0. The molecule has 0 saturated heterocycles. The van der Waals surface area contributed by atoms with Crippen LogP contribution in [-0.4, -0.2) is 25.9 Å². The van der Waals surface area contributed by atoms with Crippen molar-refractivity contribution >= 4 is 0 Å². The molecule has 0 N–H and O–H groups in total. The summed E-state index contributed by atoms with van der Waals surface area (Å²) < 4.78 is 13.2. The molecule has 2 nitrogen and oxygen atoms in total. The van der Waals surface area contributed by atoms with Crippen LogP contribution in [0.2, 0.25) is 0 Å². The molecule has 0 aliphatic rings. The Morgan fingerprint density at radius 3 is 1.00 bits per heavy atom. The average molecular weight is 801 g/mol. The first-order chi connectivity index (χ1) is 28.0. The largest absolute Gasteiger partial charge is 0.379 e. The standard InChI is InChI=1S/C55H108O2/c1-7-10-13-16-19-22-25-27-29-31-33-35-38-41-44-47-50-56-52-54(53(55(4,5)6)49-46-43-40-37-24-21-18-15-12-9-3)57-51-48-45-42-39-36-34-32-30-28-26-23-20-17-14-11-8-2/h27-30,53-54H,7-26,31-52H2,1-6H3/b29-27-,30-28-. The van der Waals surface area contributed by atoms with Gasteiger partial charge in [-0.05, 0) is 82.0 Å². The van der Waals surface area contributed by atoms with Crippen LogP contribution in [0.15, 0.2) is 24.3 Å². The summed E-state index contributed by atoms with van der Waals surface area (Å²) in [6, 6.07) is 0. The highest BCUT2D eigenvalue weighted by Crippen LogP contribution is 2.35. The van der Waals surface area contributed by atoms with Crippen molar-refractivity contribution < 1.29 is 9.47 Å². The van der Waals surface area contributed by atoms with Crippen molar-refractivity contribution in [1.82, 2.24) is 0 Å². The molecular formula is C55H108O2. The van der Waals surface area contributed by atoms with Crippen LogP contribution in [0.3, 0.4) is 0 Å². The van der Waals surface area contributed by atoms with Crippen LogP contribution in [0.4, 0.5) is 0 Å². The van der Waals surface area contributed by atoms with Gasteiger partial charge in [0.25, 0.3) is 0 Å². The zero-order valence-corrected chi connectivity index (χ0v) is 40.5. The SMILES string of the molecule is CCCCCCCC/C=C\CCCCCCCCOCC(OCCCCCCCC/C=C\CCCCCCCC)C(CCCCCCCCCCCC)C(C)(C)C. The van der Waals surface area contributed by atoms with E-state index in [0.29, 0.717) is 5.92 Å². The summed E-state index contributed by atoms with van der Waals surface area (Å²) >= 11 is 0. The van der Waals surface area contributed by atoms with Crippen molar-refractivity contribution in [2.45, 2.75) is 298 Å². The second-order valence-corrected chi connectivity index (χ2v) is 19.3. The van der Waals surface area contributed by atoms with Gasteiger partial charge in [-0.2, -0.15) is 0 Å². The molecule has 0 rings (SSSR count). The molecule has 0 aliphatic carbocycles. The highest BCUT2D eigenvalue weighted by atomic mass is 16.5. The van der Waals surface area contributed by atoms with E-state index >= 15 is 0 Å². The maximum atomic E-state index is 6.79. The highest BCUT2D eigenvalue weighted by molar-refractivity contribution is 4.83. The fourth-order valence-electron chi connectivity index (χ4n) is 8.54. The molecule has 0 aromatic rings. The zero-order chi connectivity index (χ0) is 41.6. The van der Waals surface area contributed by atoms with Gasteiger partial charge in [-0.1, -0.05) is 246 Å². The van der Waals surface area contributed by atoms with E-state index in [1.54, 1.807) is 0 Å². The summed E-state index contributed by atoms with van der Waals surface area (Å²) in [6.45, 7) is 16.8. The summed E-state index contributed by atoms with van der Waals surface area (Å²) in [5.41, 5.74) is 0.236. The number of hydrogen-bond acceptors (Lipinski definition) is 2. The van der Waals surface area contributed by atoms with E-state index in [1.165, 1.54) is 250 Å². The highest BCUT2D eigenvalue weighted by Gasteiger charge is 2.32. The molecule has 0 aliphatic heterocycles. The Morgan fingerprint density at radius 2 is 0.649 bits per heavy atom. The fraction of sp³-hybridized carbons (Fsp3) is 0.927. The fourth-order valence-corrected chi connectivity index (χ4v) is 8.54. The lowest BCUT2D eigenvalue weighted by Crippen LogP contribution is -2.38. The normalized spacial score (nSPS) is 13.4. The molecule has 0 saturated carbocycles. The monoisotopic (exact) mass is 801 g/mol. The average Bonchev–Trinajstić information content (AvgIpc) is 3.19. The molecule has 2 heteroatoms. The number of ether oxygens (including phenoxy) is 2. The van der Waals surface area contributed by atoms with Gasteiger partial charge in [0.05, 0.1) is 12.7 Å². The minimum atomic E-state index is 0.223. The topological polar surface area (TPSA) is 18.5 Å². The van der Waals surface area contributed by atoms with Crippen LogP contribution < -0.4 is 0 Å². The number of allylic oxidation sites excluding steroid dienone is 4. The van der Waals surface area contributed by atoms with E-state index in [1.807, 2.05) is 0 Å². The predicted octanol–water partition coefficient (Wildman–Crippen LogP) is 19.4. The van der Waals surface area contributed by atoms with Crippen LogP contribution in [0.1, 0.15) is 292 Å². The third-order valence-corrected chi connectivity index (χ3v) is 12.5. The first-order valence-corrected chi connectivity index (χ1v) is 26.5. The summed E-state index contributed by atoms with van der Waals surface area (Å²) in [4.78, 5) is 0. The zero-order valence-electron chi connectivity index (χ0n) is 40.5. The summed E-state index contributed by atoms with van der Waals surface area (Å²) in [6.07, 6.45) is 63.1. The van der Waals surface area contributed by atoms with Gasteiger partial charge in [-0.3, -0.25) is 0 Å². The van der Waals surface area contributed by atoms with Crippen molar-refractivity contribution in [1.29, 1.82) is 0 Å². The van der Waals surface area contributed by atoms with Crippen LogP contribution in [0.5, 0.6) is 0 Å². The van der Waals surface area contributed by atoms with Gasteiger partial charge in [0, 0.05) is 13.2 Å². The lowest BCUT2D eigenvalue weighted by Gasteiger charge is -2.37. The van der Waals surface area contributed by atoms with Gasteiger partial charge in [-0.25, -0.2) is 0 Å². The first-order valence-electron chi connectivity index (χ1n) is 26.5. The Balaban J connectivity index is 4.42. The summed E-state index contributed by atoms with van der Waals surface area (Å²) in [5.74, 6) is 0.556. The molecule has 0 heterocycles. The smallest absolute Gasteiger partial charge is 0.0841 e. The molecule has 2 atom stereocenters. The van der Waals surface area contributed by atoms with Crippen LogP contribution in [0.25, 0.3) is 0 Å². The number of unbranched alkanes of at least 4 members (excludes halogenated alkanes) is 33.